The summed E-state index contributed by atoms with van der Waals surface area (Å²) in [6.45, 7) is -1.11. The van der Waals surface area contributed by atoms with E-state index in [4.69, 9.17) is 4.74 Å². The van der Waals surface area contributed by atoms with Crippen molar-refractivity contribution >= 4 is 33.5 Å². The number of aromatic nitrogens is 1. The van der Waals surface area contributed by atoms with Crippen LogP contribution in [0.4, 0.5) is 8.78 Å². The standard InChI is InChI=1S/C21H20F2N2O3S/c1-13(20-24-15-8-4-5-10-17(15)29-20)25(2)18(26)12-11-14-7-6-9-16(27-3)19(14)28-21(22)23/h4-13,21H,1-3H3/b12-11+/t13-/m1/s1. The van der Waals surface area contributed by atoms with E-state index in [9.17, 15) is 13.6 Å². The Hall–Kier alpha value is -3.00. The summed E-state index contributed by atoms with van der Waals surface area (Å²) < 4.78 is 36.2. The normalized spacial score (nSPS) is 12.5. The first kappa shape index (κ1) is 20.7. The SMILES string of the molecule is COc1cccc(/C=C/C(=O)N(C)[C@H](C)c2nc3ccccc3s2)c1OC(F)F. The molecule has 29 heavy (non-hydrogen) atoms. The fourth-order valence-corrected chi connectivity index (χ4v) is 3.81. The smallest absolute Gasteiger partial charge is 0.387 e. The van der Waals surface area contributed by atoms with E-state index in [2.05, 4.69) is 9.72 Å². The van der Waals surface area contributed by atoms with Crippen molar-refractivity contribution in [3.05, 3.63) is 59.1 Å². The number of alkyl halides is 2. The number of methoxy groups -OCH3 is 1. The molecule has 3 aromatic rings. The molecule has 0 aliphatic carbocycles. The van der Waals surface area contributed by atoms with Gasteiger partial charge in [-0.25, -0.2) is 4.98 Å². The van der Waals surface area contributed by atoms with Crippen LogP contribution in [0.25, 0.3) is 16.3 Å². The number of rotatable bonds is 7. The van der Waals surface area contributed by atoms with Gasteiger partial charge in [-0.1, -0.05) is 24.3 Å². The lowest BCUT2D eigenvalue weighted by molar-refractivity contribution is -0.126. The summed E-state index contributed by atoms with van der Waals surface area (Å²) in [7, 11) is 3.03. The highest BCUT2D eigenvalue weighted by atomic mass is 32.1. The first-order valence-electron chi connectivity index (χ1n) is 8.83. The molecule has 0 fully saturated rings. The van der Waals surface area contributed by atoms with Crippen LogP contribution in [-0.2, 0) is 4.79 Å². The lowest BCUT2D eigenvalue weighted by atomic mass is 10.1. The zero-order valence-electron chi connectivity index (χ0n) is 16.1. The molecule has 0 aliphatic heterocycles. The van der Waals surface area contributed by atoms with Crippen LogP contribution in [0, 0.1) is 0 Å². The third-order valence-electron chi connectivity index (χ3n) is 4.44. The van der Waals surface area contributed by atoms with Gasteiger partial charge in [-0.3, -0.25) is 4.79 Å². The second-order valence-corrected chi connectivity index (χ2v) is 7.30. The molecule has 2 aromatic carbocycles. The second-order valence-electron chi connectivity index (χ2n) is 6.24. The molecule has 152 valence electrons. The zero-order chi connectivity index (χ0) is 21.0. The lowest BCUT2D eigenvalue weighted by Gasteiger charge is -2.21. The number of para-hydroxylation sites is 2. The minimum absolute atomic E-state index is 0.115. The number of thiazole rings is 1. The van der Waals surface area contributed by atoms with E-state index in [-0.39, 0.29) is 23.4 Å². The molecule has 0 spiro atoms. The molecule has 3 rings (SSSR count). The number of ether oxygens (including phenoxy) is 2. The largest absolute Gasteiger partial charge is 0.493 e. The van der Waals surface area contributed by atoms with Gasteiger partial charge in [0.2, 0.25) is 5.91 Å². The number of nitrogens with zero attached hydrogens (tertiary/aromatic N) is 2. The van der Waals surface area contributed by atoms with Gasteiger partial charge in [0.05, 0.1) is 23.4 Å². The molecule has 0 aliphatic rings. The van der Waals surface area contributed by atoms with Gasteiger partial charge in [0, 0.05) is 18.7 Å². The van der Waals surface area contributed by atoms with Crippen LogP contribution in [0.3, 0.4) is 0 Å². The number of carbonyl (C=O) groups is 1. The summed E-state index contributed by atoms with van der Waals surface area (Å²) >= 11 is 1.53. The van der Waals surface area contributed by atoms with Crippen molar-refractivity contribution < 1.29 is 23.0 Å². The molecule has 5 nitrogen and oxygen atoms in total. The maximum atomic E-state index is 12.7. The summed E-state index contributed by atoms with van der Waals surface area (Å²) in [6, 6.07) is 12.2. The molecule has 1 amide bonds. The number of hydrogen-bond acceptors (Lipinski definition) is 5. The van der Waals surface area contributed by atoms with Crippen molar-refractivity contribution in [3.8, 4) is 11.5 Å². The summed E-state index contributed by atoms with van der Waals surface area (Å²) in [5.41, 5.74) is 1.21. The van der Waals surface area contributed by atoms with Crippen LogP contribution >= 0.6 is 11.3 Å². The predicted molar refractivity (Wildman–Crippen MR) is 109 cm³/mol. The van der Waals surface area contributed by atoms with Crippen molar-refractivity contribution in [1.82, 2.24) is 9.88 Å². The number of hydrogen-bond donors (Lipinski definition) is 0. The van der Waals surface area contributed by atoms with Gasteiger partial charge in [0.15, 0.2) is 11.5 Å². The van der Waals surface area contributed by atoms with Crippen LogP contribution in [-0.4, -0.2) is 36.6 Å². The molecular formula is C21H20F2N2O3S. The molecule has 8 heteroatoms. The van der Waals surface area contributed by atoms with E-state index in [0.717, 1.165) is 15.2 Å². The van der Waals surface area contributed by atoms with Gasteiger partial charge in [-0.15, -0.1) is 11.3 Å². The first-order chi connectivity index (χ1) is 13.9. The molecule has 0 saturated carbocycles. The number of likely N-dealkylation sites (N-methyl/N-ethyl adjacent to an activating group) is 1. The molecule has 0 radical (unpaired) electrons. The van der Waals surface area contributed by atoms with E-state index >= 15 is 0 Å². The average Bonchev–Trinajstić information content (AvgIpc) is 3.15. The monoisotopic (exact) mass is 418 g/mol. The van der Waals surface area contributed by atoms with Crippen molar-refractivity contribution in [2.45, 2.75) is 19.6 Å². The summed E-state index contributed by atoms with van der Waals surface area (Å²) in [5, 5.41) is 0.818. The maximum absolute atomic E-state index is 12.7. The Kier molecular flexibility index (Phi) is 6.43. The van der Waals surface area contributed by atoms with E-state index < -0.39 is 6.61 Å². The molecule has 0 N–H and O–H groups in total. The number of carbonyl (C=O) groups excluding carboxylic acids is 1. The van der Waals surface area contributed by atoms with Crippen LogP contribution < -0.4 is 9.47 Å². The molecule has 1 atom stereocenters. The van der Waals surface area contributed by atoms with Crippen molar-refractivity contribution in [2.24, 2.45) is 0 Å². The number of halogens is 2. The average molecular weight is 418 g/mol. The predicted octanol–water partition coefficient (Wildman–Crippen LogP) is 5.14. The number of amides is 1. The highest BCUT2D eigenvalue weighted by Gasteiger charge is 2.20. The van der Waals surface area contributed by atoms with Gasteiger partial charge >= 0.3 is 6.61 Å². The Bertz CT molecular complexity index is 1000. The van der Waals surface area contributed by atoms with Crippen LogP contribution in [0.5, 0.6) is 11.5 Å². The van der Waals surface area contributed by atoms with Crippen molar-refractivity contribution in [1.29, 1.82) is 0 Å². The van der Waals surface area contributed by atoms with Crippen LogP contribution in [0.2, 0.25) is 0 Å². The topological polar surface area (TPSA) is 51.7 Å². The molecule has 1 aromatic heterocycles. The van der Waals surface area contributed by atoms with E-state index in [1.807, 2.05) is 31.2 Å². The zero-order valence-corrected chi connectivity index (χ0v) is 17.0. The van der Waals surface area contributed by atoms with Gasteiger partial charge in [-0.2, -0.15) is 8.78 Å². The maximum Gasteiger partial charge on any atom is 0.387 e. The quantitative estimate of drug-likeness (QED) is 0.499. The molecule has 0 unspecified atom stereocenters. The van der Waals surface area contributed by atoms with Gasteiger partial charge in [0.25, 0.3) is 0 Å². The van der Waals surface area contributed by atoms with E-state index in [0.29, 0.717) is 5.56 Å². The molecule has 1 heterocycles. The Morgan fingerprint density at radius 2 is 1.97 bits per heavy atom. The second kappa shape index (κ2) is 9.00. The fraction of sp³-hybridized carbons (Fsp3) is 0.238. The Labute approximate surface area is 171 Å². The fourth-order valence-electron chi connectivity index (χ4n) is 2.74. The minimum atomic E-state index is -3.00. The third-order valence-corrected chi connectivity index (χ3v) is 5.64. The Morgan fingerprint density at radius 3 is 2.66 bits per heavy atom. The van der Waals surface area contributed by atoms with Gasteiger partial charge in [0.1, 0.15) is 5.01 Å². The van der Waals surface area contributed by atoms with Gasteiger partial charge < -0.3 is 14.4 Å². The summed E-state index contributed by atoms with van der Waals surface area (Å²) in [6.07, 6.45) is 2.75. The number of fused-ring (bicyclic) bond motifs is 1. The van der Waals surface area contributed by atoms with E-state index in [1.165, 1.54) is 36.7 Å². The Balaban J connectivity index is 1.79. The highest BCUT2D eigenvalue weighted by Crippen LogP contribution is 2.33. The van der Waals surface area contributed by atoms with Crippen LogP contribution in [0.1, 0.15) is 23.5 Å². The van der Waals surface area contributed by atoms with E-state index in [1.54, 1.807) is 24.1 Å². The summed E-state index contributed by atoms with van der Waals surface area (Å²) in [5.74, 6) is -0.241. The molecule has 0 saturated heterocycles. The molecule has 0 bridgehead atoms. The summed E-state index contributed by atoms with van der Waals surface area (Å²) in [4.78, 5) is 18.8. The first-order valence-corrected chi connectivity index (χ1v) is 9.64. The Morgan fingerprint density at radius 1 is 1.21 bits per heavy atom. The van der Waals surface area contributed by atoms with Crippen molar-refractivity contribution in [2.75, 3.05) is 14.2 Å². The minimum Gasteiger partial charge on any atom is -0.493 e. The highest BCUT2D eigenvalue weighted by molar-refractivity contribution is 7.18. The third kappa shape index (κ3) is 4.71. The molecular weight excluding hydrogens is 398 g/mol. The van der Waals surface area contributed by atoms with Crippen LogP contribution in [0.15, 0.2) is 48.5 Å². The lowest BCUT2D eigenvalue weighted by Crippen LogP contribution is -2.27. The van der Waals surface area contributed by atoms with Crippen molar-refractivity contribution in [3.63, 3.8) is 0 Å². The van der Waals surface area contributed by atoms with Gasteiger partial charge in [-0.05, 0) is 31.2 Å². The number of benzene rings is 2.